The summed E-state index contributed by atoms with van der Waals surface area (Å²) in [4.78, 5) is 2.28. The van der Waals surface area contributed by atoms with Gasteiger partial charge < -0.3 is 11.1 Å². The lowest BCUT2D eigenvalue weighted by atomic mass is 10.0. The van der Waals surface area contributed by atoms with E-state index in [4.69, 9.17) is 5.73 Å². The fraction of sp³-hybridized carbons (Fsp3) is 0.333. The van der Waals surface area contributed by atoms with Gasteiger partial charge in [0.2, 0.25) is 0 Å². The molecule has 0 aliphatic heterocycles. The minimum Gasteiger partial charge on any atom is -0.399 e. The molecule has 1 aromatic rings. The summed E-state index contributed by atoms with van der Waals surface area (Å²) in [7, 11) is 4.01. The summed E-state index contributed by atoms with van der Waals surface area (Å²) in [6.07, 6.45) is 5.76. The Morgan fingerprint density at radius 1 is 1.43 bits per heavy atom. The molecule has 114 valence electrons. The quantitative estimate of drug-likeness (QED) is 0.539. The molecule has 0 saturated carbocycles. The standard InChI is InChI=1S/C18H27N3/c1-6-8-9-18(14(3)20-4)21(5)13-16-12-17(19)11-10-15(16)7-2/h6-7,10-12,18,20H,1-3,8-9,13,19H2,4-5H3. The van der Waals surface area contributed by atoms with Gasteiger partial charge in [-0.1, -0.05) is 31.4 Å². The summed E-state index contributed by atoms with van der Waals surface area (Å²) in [6, 6.07) is 6.19. The molecular weight excluding hydrogens is 258 g/mol. The van der Waals surface area contributed by atoms with E-state index in [0.29, 0.717) is 0 Å². The number of rotatable bonds is 9. The van der Waals surface area contributed by atoms with E-state index in [1.807, 2.05) is 37.4 Å². The average Bonchev–Trinajstić information content (AvgIpc) is 2.47. The van der Waals surface area contributed by atoms with E-state index in [1.165, 1.54) is 5.56 Å². The topological polar surface area (TPSA) is 41.3 Å². The third kappa shape index (κ3) is 4.80. The van der Waals surface area contributed by atoms with Crippen molar-refractivity contribution in [2.24, 2.45) is 0 Å². The highest BCUT2D eigenvalue weighted by molar-refractivity contribution is 5.57. The monoisotopic (exact) mass is 285 g/mol. The van der Waals surface area contributed by atoms with Gasteiger partial charge in [0, 0.05) is 31.0 Å². The van der Waals surface area contributed by atoms with Crippen molar-refractivity contribution in [1.82, 2.24) is 10.2 Å². The molecule has 0 spiro atoms. The number of likely N-dealkylation sites (N-methyl/N-ethyl adjacent to an activating group) is 2. The number of allylic oxidation sites excluding steroid dienone is 1. The lowest BCUT2D eigenvalue weighted by molar-refractivity contribution is 0.246. The number of benzene rings is 1. The molecule has 1 unspecified atom stereocenters. The van der Waals surface area contributed by atoms with Crippen LogP contribution < -0.4 is 11.1 Å². The molecule has 3 heteroatoms. The summed E-state index contributed by atoms with van der Waals surface area (Å²) in [5.74, 6) is 0. The van der Waals surface area contributed by atoms with Crippen molar-refractivity contribution in [3.8, 4) is 0 Å². The van der Waals surface area contributed by atoms with Crippen LogP contribution in [0.4, 0.5) is 5.69 Å². The molecule has 0 saturated heterocycles. The maximum absolute atomic E-state index is 5.90. The molecule has 0 amide bonds. The maximum Gasteiger partial charge on any atom is 0.0492 e. The van der Waals surface area contributed by atoms with Crippen LogP contribution in [0.15, 0.2) is 49.7 Å². The molecule has 0 aromatic heterocycles. The van der Waals surface area contributed by atoms with Crippen molar-refractivity contribution in [3.63, 3.8) is 0 Å². The molecule has 3 nitrogen and oxygen atoms in total. The summed E-state index contributed by atoms with van der Waals surface area (Å²) in [5.41, 5.74) is 10.00. The van der Waals surface area contributed by atoms with Crippen LogP contribution >= 0.6 is 0 Å². The van der Waals surface area contributed by atoms with Crippen molar-refractivity contribution >= 4 is 11.8 Å². The Hall–Kier alpha value is -2.00. The van der Waals surface area contributed by atoms with Crippen molar-refractivity contribution in [3.05, 3.63) is 60.8 Å². The third-order valence-electron chi connectivity index (χ3n) is 3.71. The van der Waals surface area contributed by atoms with Gasteiger partial charge >= 0.3 is 0 Å². The fourth-order valence-corrected chi connectivity index (χ4v) is 2.44. The first-order chi connectivity index (χ1) is 10.0. The molecule has 0 bridgehead atoms. The highest BCUT2D eigenvalue weighted by Gasteiger charge is 2.17. The first-order valence-corrected chi connectivity index (χ1v) is 7.22. The Morgan fingerprint density at radius 2 is 2.14 bits per heavy atom. The van der Waals surface area contributed by atoms with Crippen molar-refractivity contribution in [2.45, 2.75) is 25.4 Å². The highest BCUT2D eigenvalue weighted by atomic mass is 15.1. The van der Waals surface area contributed by atoms with Gasteiger partial charge in [-0.15, -0.1) is 6.58 Å². The summed E-state index contributed by atoms with van der Waals surface area (Å²) < 4.78 is 0. The number of nitrogens with one attached hydrogen (secondary N) is 1. The van der Waals surface area contributed by atoms with Gasteiger partial charge in [0.1, 0.15) is 0 Å². The van der Waals surface area contributed by atoms with Crippen molar-refractivity contribution in [1.29, 1.82) is 0 Å². The van der Waals surface area contributed by atoms with E-state index in [-0.39, 0.29) is 6.04 Å². The number of nitrogens with zero attached hydrogens (tertiary/aromatic N) is 1. The predicted octanol–water partition coefficient (Wildman–Crippen LogP) is 3.41. The molecule has 21 heavy (non-hydrogen) atoms. The van der Waals surface area contributed by atoms with Crippen LogP contribution in [0.5, 0.6) is 0 Å². The summed E-state index contributed by atoms with van der Waals surface area (Å²) >= 11 is 0. The average molecular weight is 285 g/mol. The van der Waals surface area contributed by atoms with Crippen LogP contribution in [0.25, 0.3) is 6.08 Å². The molecule has 0 fully saturated rings. The van der Waals surface area contributed by atoms with Gasteiger partial charge in [0.05, 0.1) is 0 Å². The summed E-state index contributed by atoms with van der Waals surface area (Å²) in [6.45, 7) is 12.6. The zero-order valence-corrected chi connectivity index (χ0v) is 13.2. The van der Waals surface area contributed by atoms with E-state index in [0.717, 1.165) is 36.3 Å². The molecule has 0 heterocycles. The first-order valence-electron chi connectivity index (χ1n) is 7.22. The van der Waals surface area contributed by atoms with Crippen molar-refractivity contribution < 1.29 is 0 Å². The van der Waals surface area contributed by atoms with E-state index < -0.39 is 0 Å². The Morgan fingerprint density at radius 3 is 2.71 bits per heavy atom. The minimum absolute atomic E-state index is 0.257. The number of hydrogen-bond donors (Lipinski definition) is 2. The van der Waals surface area contributed by atoms with Gasteiger partial charge in [-0.3, -0.25) is 4.90 Å². The molecular formula is C18H27N3. The first kappa shape index (κ1) is 17.1. The second-order valence-electron chi connectivity index (χ2n) is 5.23. The molecule has 1 aromatic carbocycles. The number of nitrogen functional groups attached to an aromatic ring is 1. The predicted molar refractivity (Wildman–Crippen MR) is 93.8 cm³/mol. The number of hydrogen-bond acceptors (Lipinski definition) is 3. The lowest BCUT2D eigenvalue weighted by Gasteiger charge is -2.30. The van der Waals surface area contributed by atoms with Gasteiger partial charge in [-0.05, 0) is 43.1 Å². The second kappa shape index (κ2) is 8.32. The molecule has 3 N–H and O–H groups in total. The van der Waals surface area contributed by atoms with Crippen molar-refractivity contribution in [2.75, 3.05) is 19.8 Å². The van der Waals surface area contributed by atoms with Crippen LogP contribution in [-0.4, -0.2) is 25.0 Å². The fourth-order valence-electron chi connectivity index (χ4n) is 2.44. The molecule has 1 atom stereocenters. The van der Waals surface area contributed by atoms with Crippen LogP contribution in [0.3, 0.4) is 0 Å². The molecule has 0 aliphatic rings. The Kier molecular flexibility index (Phi) is 6.76. The lowest BCUT2D eigenvalue weighted by Crippen LogP contribution is -2.36. The van der Waals surface area contributed by atoms with E-state index in [1.54, 1.807) is 0 Å². The van der Waals surface area contributed by atoms with Crippen LogP contribution in [0.2, 0.25) is 0 Å². The van der Waals surface area contributed by atoms with Crippen LogP contribution in [0.1, 0.15) is 24.0 Å². The SMILES string of the molecule is C=CCCC(C(=C)NC)N(C)Cc1cc(N)ccc1C=C. The molecule has 1 rings (SSSR count). The Balaban J connectivity index is 2.92. The van der Waals surface area contributed by atoms with E-state index in [9.17, 15) is 0 Å². The zero-order chi connectivity index (χ0) is 15.8. The smallest absolute Gasteiger partial charge is 0.0492 e. The number of anilines is 1. The minimum atomic E-state index is 0.257. The van der Waals surface area contributed by atoms with Gasteiger partial charge in [0.25, 0.3) is 0 Å². The van der Waals surface area contributed by atoms with Crippen LogP contribution in [-0.2, 0) is 6.54 Å². The Labute approximate surface area is 128 Å². The summed E-state index contributed by atoms with van der Waals surface area (Å²) in [5, 5.41) is 3.17. The normalized spacial score (nSPS) is 12.0. The zero-order valence-electron chi connectivity index (χ0n) is 13.2. The number of nitrogens with two attached hydrogens (primary N) is 1. The Bertz CT molecular complexity index is 505. The van der Waals surface area contributed by atoms with Gasteiger partial charge in [-0.25, -0.2) is 0 Å². The second-order valence-corrected chi connectivity index (χ2v) is 5.23. The van der Waals surface area contributed by atoms with Crippen LogP contribution in [0, 0.1) is 0 Å². The highest BCUT2D eigenvalue weighted by Crippen LogP contribution is 2.20. The van der Waals surface area contributed by atoms with E-state index in [2.05, 4.69) is 37.0 Å². The molecule has 0 radical (unpaired) electrons. The molecule has 0 aliphatic carbocycles. The third-order valence-corrected chi connectivity index (χ3v) is 3.71. The van der Waals surface area contributed by atoms with Gasteiger partial charge in [0.15, 0.2) is 0 Å². The van der Waals surface area contributed by atoms with E-state index >= 15 is 0 Å². The maximum atomic E-state index is 5.90. The largest absolute Gasteiger partial charge is 0.399 e. The van der Waals surface area contributed by atoms with Gasteiger partial charge in [-0.2, -0.15) is 0 Å².